The summed E-state index contributed by atoms with van der Waals surface area (Å²) in [4.78, 5) is 15.1. The predicted molar refractivity (Wildman–Crippen MR) is 130 cm³/mol. The van der Waals surface area contributed by atoms with Crippen LogP contribution in [0, 0.1) is 13.8 Å². The quantitative estimate of drug-likeness (QED) is 0.306. The van der Waals surface area contributed by atoms with E-state index < -0.39 is 5.97 Å². The van der Waals surface area contributed by atoms with E-state index in [9.17, 15) is 4.79 Å². The summed E-state index contributed by atoms with van der Waals surface area (Å²) in [5.41, 5.74) is 6.33. The van der Waals surface area contributed by atoms with Crippen LogP contribution in [0.15, 0.2) is 65.7 Å². The molecule has 3 aromatic rings. The van der Waals surface area contributed by atoms with Crippen molar-refractivity contribution >= 4 is 17.9 Å². The number of ether oxygens (including phenoxy) is 3. The first-order valence-corrected chi connectivity index (χ1v) is 10.9. The lowest BCUT2D eigenvalue weighted by molar-refractivity contribution is -0.139. The Morgan fingerprint density at radius 2 is 1.67 bits per heavy atom. The van der Waals surface area contributed by atoms with E-state index in [1.165, 1.54) is 5.56 Å². The molecule has 0 saturated carbocycles. The SMILES string of the molecule is CCOCCOc1cc(C)c(-c2cccc(C=Nc3ccc(OCC(=O)O)cc3)c2)c(C)c1. The Hall–Kier alpha value is -3.64. The highest BCUT2D eigenvalue weighted by Crippen LogP contribution is 2.31. The fraction of sp³-hybridized carbons (Fsp3) is 0.259. The van der Waals surface area contributed by atoms with Crippen molar-refractivity contribution in [1.82, 2.24) is 0 Å². The van der Waals surface area contributed by atoms with Gasteiger partial charge >= 0.3 is 5.97 Å². The molecule has 0 atom stereocenters. The molecular formula is C27H29NO5. The second-order valence-electron chi connectivity index (χ2n) is 7.54. The normalized spacial score (nSPS) is 11.0. The molecule has 0 amide bonds. The van der Waals surface area contributed by atoms with Crippen molar-refractivity contribution in [2.24, 2.45) is 4.99 Å². The molecule has 6 heteroatoms. The Morgan fingerprint density at radius 1 is 0.939 bits per heavy atom. The van der Waals surface area contributed by atoms with Gasteiger partial charge in [0.25, 0.3) is 0 Å². The largest absolute Gasteiger partial charge is 0.491 e. The van der Waals surface area contributed by atoms with E-state index in [1.807, 2.05) is 25.3 Å². The highest BCUT2D eigenvalue weighted by atomic mass is 16.5. The van der Waals surface area contributed by atoms with E-state index in [2.05, 4.69) is 43.1 Å². The summed E-state index contributed by atoms with van der Waals surface area (Å²) in [5, 5.41) is 8.69. The molecule has 1 N–H and O–H groups in total. The second kappa shape index (κ2) is 11.8. The van der Waals surface area contributed by atoms with Gasteiger partial charge in [0.05, 0.1) is 12.3 Å². The molecular weight excluding hydrogens is 418 g/mol. The van der Waals surface area contributed by atoms with E-state index in [0.717, 1.165) is 33.7 Å². The van der Waals surface area contributed by atoms with Crippen LogP contribution in [-0.2, 0) is 9.53 Å². The molecule has 0 saturated heterocycles. The summed E-state index contributed by atoms with van der Waals surface area (Å²) < 4.78 is 16.3. The first kappa shape index (κ1) is 24.0. The third-order valence-electron chi connectivity index (χ3n) is 4.94. The molecule has 33 heavy (non-hydrogen) atoms. The zero-order valence-electron chi connectivity index (χ0n) is 19.2. The van der Waals surface area contributed by atoms with Crippen molar-refractivity contribution in [3.63, 3.8) is 0 Å². The lowest BCUT2D eigenvalue weighted by atomic mass is 9.94. The average Bonchev–Trinajstić information content (AvgIpc) is 2.80. The van der Waals surface area contributed by atoms with Crippen molar-refractivity contribution in [2.75, 3.05) is 26.4 Å². The van der Waals surface area contributed by atoms with Crippen LogP contribution in [0.5, 0.6) is 11.5 Å². The minimum Gasteiger partial charge on any atom is -0.491 e. The van der Waals surface area contributed by atoms with Crippen molar-refractivity contribution < 1.29 is 24.1 Å². The van der Waals surface area contributed by atoms with Gasteiger partial charge in [-0.2, -0.15) is 0 Å². The maximum Gasteiger partial charge on any atom is 0.341 e. The van der Waals surface area contributed by atoms with Gasteiger partial charge in [0.15, 0.2) is 6.61 Å². The third kappa shape index (κ3) is 7.19. The van der Waals surface area contributed by atoms with E-state index >= 15 is 0 Å². The Bertz CT molecular complexity index is 1080. The molecule has 0 aliphatic carbocycles. The number of rotatable bonds is 11. The van der Waals surface area contributed by atoms with Gasteiger partial charge in [0, 0.05) is 12.8 Å². The molecule has 0 aliphatic rings. The Kier molecular flexibility index (Phi) is 8.61. The van der Waals surface area contributed by atoms with Gasteiger partial charge in [-0.3, -0.25) is 4.99 Å². The molecule has 0 spiro atoms. The number of nitrogens with zero attached hydrogens (tertiary/aromatic N) is 1. The molecule has 0 heterocycles. The first-order valence-electron chi connectivity index (χ1n) is 10.9. The fourth-order valence-electron chi connectivity index (χ4n) is 3.52. The van der Waals surface area contributed by atoms with E-state index in [4.69, 9.17) is 19.3 Å². The Labute approximate surface area is 194 Å². The highest BCUT2D eigenvalue weighted by molar-refractivity contribution is 5.85. The molecule has 172 valence electrons. The number of carboxylic acid groups (broad SMARTS) is 1. The van der Waals surface area contributed by atoms with Crippen LogP contribution in [0.4, 0.5) is 5.69 Å². The number of carboxylic acids is 1. The summed E-state index contributed by atoms with van der Waals surface area (Å²) >= 11 is 0. The van der Waals surface area contributed by atoms with Crippen LogP contribution < -0.4 is 9.47 Å². The van der Waals surface area contributed by atoms with Gasteiger partial charge in [-0.1, -0.05) is 18.2 Å². The molecule has 3 aromatic carbocycles. The predicted octanol–water partition coefficient (Wildman–Crippen LogP) is 5.60. The van der Waals surface area contributed by atoms with Crippen molar-refractivity contribution in [3.8, 4) is 22.6 Å². The van der Waals surface area contributed by atoms with Crippen LogP contribution in [0.1, 0.15) is 23.6 Å². The summed E-state index contributed by atoms with van der Waals surface area (Å²) in [7, 11) is 0. The van der Waals surface area contributed by atoms with E-state index in [1.54, 1.807) is 24.3 Å². The number of aliphatic carboxylic acids is 1. The van der Waals surface area contributed by atoms with Crippen molar-refractivity contribution in [1.29, 1.82) is 0 Å². The third-order valence-corrected chi connectivity index (χ3v) is 4.94. The minimum atomic E-state index is -1.01. The van der Waals surface area contributed by atoms with Crippen molar-refractivity contribution in [3.05, 3.63) is 77.4 Å². The van der Waals surface area contributed by atoms with Crippen molar-refractivity contribution in [2.45, 2.75) is 20.8 Å². The Morgan fingerprint density at radius 3 is 2.33 bits per heavy atom. The number of benzene rings is 3. The molecule has 0 bridgehead atoms. The molecule has 6 nitrogen and oxygen atoms in total. The van der Waals surface area contributed by atoms with Gasteiger partial charge < -0.3 is 19.3 Å². The van der Waals surface area contributed by atoms with Crippen LogP contribution in [-0.4, -0.2) is 43.7 Å². The number of hydrogen-bond donors (Lipinski definition) is 1. The maximum atomic E-state index is 10.6. The zero-order valence-corrected chi connectivity index (χ0v) is 19.2. The molecule has 0 radical (unpaired) electrons. The molecule has 0 unspecified atom stereocenters. The van der Waals surface area contributed by atoms with Crippen LogP contribution in [0.2, 0.25) is 0 Å². The van der Waals surface area contributed by atoms with Gasteiger partial charge in [0.1, 0.15) is 18.1 Å². The van der Waals surface area contributed by atoms with Gasteiger partial charge in [-0.15, -0.1) is 0 Å². The van der Waals surface area contributed by atoms with Gasteiger partial charge in [-0.25, -0.2) is 4.79 Å². The van der Waals surface area contributed by atoms with Crippen LogP contribution >= 0.6 is 0 Å². The van der Waals surface area contributed by atoms with E-state index in [-0.39, 0.29) is 6.61 Å². The summed E-state index contributed by atoms with van der Waals surface area (Å²) in [6.45, 7) is 7.58. The number of carbonyl (C=O) groups is 1. The standard InChI is InChI=1S/C27H29NO5/c1-4-31-12-13-32-25-14-19(2)27(20(3)15-25)22-7-5-6-21(16-22)17-28-23-8-10-24(11-9-23)33-18-26(29)30/h5-11,14-17H,4,12-13,18H2,1-3H3,(H,29,30). The zero-order chi connectivity index (χ0) is 23.6. The van der Waals surface area contributed by atoms with Crippen LogP contribution in [0.3, 0.4) is 0 Å². The fourth-order valence-corrected chi connectivity index (χ4v) is 3.52. The lowest BCUT2D eigenvalue weighted by Crippen LogP contribution is -2.09. The van der Waals surface area contributed by atoms with Gasteiger partial charge in [-0.05, 0) is 91.1 Å². The molecule has 0 aromatic heterocycles. The second-order valence-corrected chi connectivity index (χ2v) is 7.54. The summed E-state index contributed by atoms with van der Waals surface area (Å²) in [5.74, 6) is 0.336. The summed E-state index contributed by atoms with van der Waals surface area (Å²) in [6, 6.07) is 19.3. The number of hydrogen-bond acceptors (Lipinski definition) is 5. The number of aliphatic imine (C=N–C) groups is 1. The molecule has 0 aliphatic heterocycles. The van der Waals surface area contributed by atoms with Gasteiger partial charge in [0.2, 0.25) is 0 Å². The number of aryl methyl sites for hydroxylation is 2. The maximum absolute atomic E-state index is 10.6. The highest BCUT2D eigenvalue weighted by Gasteiger charge is 2.09. The molecule has 0 fully saturated rings. The van der Waals surface area contributed by atoms with E-state index in [0.29, 0.717) is 25.6 Å². The summed E-state index contributed by atoms with van der Waals surface area (Å²) in [6.07, 6.45) is 1.81. The lowest BCUT2D eigenvalue weighted by Gasteiger charge is -2.14. The smallest absolute Gasteiger partial charge is 0.341 e. The van der Waals surface area contributed by atoms with Crippen LogP contribution in [0.25, 0.3) is 11.1 Å². The monoisotopic (exact) mass is 447 g/mol. The first-order chi connectivity index (χ1) is 16.0. The Balaban J connectivity index is 1.72. The molecule has 3 rings (SSSR count). The average molecular weight is 448 g/mol. The topological polar surface area (TPSA) is 77.3 Å². The minimum absolute atomic E-state index is 0.366.